The molecular weight excluding hydrogens is 559 g/mol. The molecule has 1 aliphatic heterocycles. The number of alkyl halides is 1. The highest BCUT2D eigenvalue weighted by molar-refractivity contribution is 14.1. The molecule has 3 nitrogen and oxygen atoms in total. The number of fused-ring (bicyclic) bond motifs is 6. The van der Waals surface area contributed by atoms with Crippen LogP contribution in [0, 0.1) is 57.2 Å². The van der Waals surface area contributed by atoms with Crippen molar-refractivity contribution in [2.75, 3.05) is 11.0 Å². The molecule has 0 aromatic rings. The molecule has 4 aliphatic carbocycles. The first-order valence-corrected chi connectivity index (χ1v) is 16.8. The number of carbonyl (C=O) groups is 1. The van der Waals surface area contributed by atoms with Crippen molar-refractivity contribution in [3.8, 4) is 0 Å². The van der Waals surface area contributed by atoms with Gasteiger partial charge in [-0.3, -0.25) is 4.79 Å². The minimum atomic E-state index is -0.114. The van der Waals surface area contributed by atoms with Crippen molar-refractivity contribution < 1.29 is 14.3 Å². The molecule has 0 amide bonds. The number of esters is 1. The minimum Gasteiger partial charge on any atom is -0.462 e. The average Bonchev–Trinajstić information content (AvgIpc) is 3.35. The molecule has 0 N–H and O–H groups in total. The summed E-state index contributed by atoms with van der Waals surface area (Å²) in [6, 6.07) is 0. The van der Waals surface area contributed by atoms with Gasteiger partial charge in [-0.1, -0.05) is 83.4 Å². The van der Waals surface area contributed by atoms with Gasteiger partial charge in [0.05, 0.1) is 12.7 Å². The average molecular weight is 613 g/mol. The lowest BCUT2D eigenvalue weighted by atomic mass is 9.37. The van der Waals surface area contributed by atoms with Crippen LogP contribution >= 0.6 is 22.6 Å². The molecule has 206 valence electrons. The van der Waals surface area contributed by atoms with E-state index >= 15 is 0 Å². The highest BCUT2D eigenvalue weighted by Crippen LogP contribution is 2.77. The van der Waals surface area contributed by atoms with Crippen LogP contribution in [0.4, 0.5) is 0 Å². The summed E-state index contributed by atoms with van der Waals surface area (Å²) < 4.78 is 14.1. The predicted molar refractivity (Wildman–Crippen MR) is 155 cm³/mol. The Kier molecular flexibility index (Phi) is 7.44. The minimum absolute atomic E-state index is 0.0250. The van der Waals surface area contributed by atoms with Gasteiger partial charge < -0.3 is 9.47 Å². The molecular formula is C32H53IO3. The van der Waals surface area contributed by atoms with Crippen LogP contribution in [0.3, 0.4) is 0 Å². The first-order valence-electron chi connectivity index (χ1n) is 15.3. The molecule has 5 rings (SSSR count). The van der Waals surface area contributed by atoms with Crippen molar-refractivity contribution in [2.45, 2.75) is 125 Å². The predicted octanol–water partition coefficient (Wildman–Crippen LogP) is 8.47. The number of carbonyl (C=O) groups excluding carboxylic acids is 1. The van der Waals surface area contributed by atoms with Gasteiger partial charge in [0.15, 0.2) is 0 Å². The molecule has 0 aromatic heterocycles. The molecule has 10 atom stereocenters. The van der Waals surface area contributed by atoms with Crippen molar-refractivity contribution >= 4 is 28.6 Å². The normalized spacial score (nSPS) is 47.7. The van der Waals surface area contributed by atoms with Crippen LogP contribution in [0.25, 0.3) is 0 Å². The van der Waals surface area contributed by atoms with E-state index in [0.29, 0.717) is 34.2 Å². The van der Waals surface area contributed by atoms with E-state index in [2.05, 4.69) is 64.1 Å². The van der Waals surface area contributed by atoms with Crippen molar-refractivity contribution in [3.63, 3.8) is 0 Å². The lowest BCUT2D eigenvalue weighted by molar-refractivity contribution is -0.210. The Morgan fingerprint density at radius 1 is 1.06 bits per heavy atom. The molecule has 1 spiro atoms. The topological polar surface area (TPSA) is 35.5 Å². The Hall–Kier alpha value is 0.160. The van der Waals surface area contributed by atoms with E-state index < -0.39 is 0 Å². The summed E-state index contributed by atoms with van der Waals surface area (Å²) in [5.74, 6) is 4.42. The SMILES string of the molecule is CC(=O)OC1CCC2(CI)C3C4CC5(CO4)C(C(C)CCCC(C)C)CCC5(C)C3CCC2C1(C)C. The number of hydrogen-bond donors (Lipinski definition) is 0. The van der Waals surface area contributed by atoms with Gasteiger partial charge in [0.2, 0.25) is 0 Å². The van der Waals surface area contributed by atoms with E-state index in [0.717, 1.165) is 36.7 Å². The molecule has 36 heavy (non-hydrogen) atoms. The van der Waals surface area contributed by atoms with Crippen LogP contribution in [0.15, 0.2) is 0 Å². The number of halogens is 1. The van der Waals surface area contributed by atoms with E-state index in [1.54, 1.807) is 6.92 Å². The van der Waals surface area contributed by atoms with Gasteiger partial charge in [-0.05, 0) is 91.3 Å². The van der Waals surface area contributed by atoms with Gasteiger partial charge >= 0.3 is 5.97 Å². The monoisotopic (exact) mass is 612 g/mol. The van der Waals surface area contributed by atoms with E-state index in [-0.39, 0.29) is 17.5 Å². The zero-order chi connectivity index (χ0) is 26.1. The number of ether oxygens (including phenoxy) is 2. The number of hydrogen-bond acceptors (Lipinski definition) is 3. The fraction of sp³-hybridized carbons (Fsp3) is 0.969. The third-order valence-electron chi connectivity index (χ3n) is 13.0. The third-order valence-corrected chi connectivity index (χ3v) is 14.4. The van der Waals surface area contributed by atoms with Crippen LogP contribution in [-0.2, 0) is 14.3 Å². The van der Waals surface area contributed by atoms with Gasteiger partial charge in [-0.2, -0.15) is 0 Å². The maximum absolute atomic E-state index is 11.9. The summed E-state index contributed by atoms with van der Waals surface area (Å²) in [6.45, 7) is 17.4. The Labute approximate surface area is 235 Å². The fourth-order valence-electron chi connectivity index (χ4n) is 11.4. The van der Waals surface area contributed by atoms with Gasteiger partial charge in [0, 0.05) is 22.2 Å². The highest BCUT2D eigenvalue weighted by atomic mass is 127. The van der Waals surface area contributed by atoms with Crippen molar-refractivity contribution in [2.24, 2.45) is 57.2 Å². The maximum atomic E-state index is 11.9. The number of rotatable bonds is 7. The molecule has 0 aromatic carbocycles. The summed E-state index contributed by atoms with van der Waals surface area (Å²) in [5, 5.41) is 0. The standard InChI is InChI=1S/C32H53IO3/c1-20(2)9-8-10-21(3)23-13-15-30(7)24-11-12-26-29(5,6)27(36-22(4)34)14-16-31(26,18-33)28(24)25-17-32(23,30)19-35-25/h20-21,23-28H,8-19H2,1-7H3. The van der Waals surface area contributed by atoms with Crippen LogP contribution in [-0.4, -0.2) is 29.2 Å². The summed E-state index contributed by atoms with van der Waals surface area (Å²) in [5.41, 5.74) is 1.16. The van der Waals surface area contributed by atoms with Gasteiger partial charge in [-0.15, -0.1) is 0 Å². The van der Waals surface area contributed by atoms with E-state index in [1.165, 1.54) is 62.2 Å². The van der Waals surface area contributed by atoms with E-state index in [4.69, 9.17) is 9.47 Å². The summed E-state index contributed by atoms with van der Waals surface area (Å²) >= 11 is 2.72. The van der Waals surface area contributed by atoms with E-state index in [9.17, 15) is 4.79 Å². The highest BCUT2D eigenvalue weighted by Gasteiger charge is 2.74. The summed E-state index contributed by atoms with van der Waals surface area (Å²) in [7, 11) is 0. The molecule has 4 heteroatoms. The summed E-state index contributed by atoms with van der Waals surface area (Å²) in [6.07, 6.45) is 13.6. The lowest BCUT2D eigenvalue weighted by Gasteiger charge is -2.67. The van der Waals surface area contributed by atoms with Crippen LogP contribution in [0.2, 0.25) is 0 Å². The van der Waals surface area contributed by atoms with Crippen molar-refractivity contribution in [1.82, 2.24) is 0 Å². The molecule has 5 aliphatic rings. The van der Waals surface area contributed by atoms with Crippen LogP contribution < -0.4 is 0 Å². The Morgan fingerprint density at radius 3 is 2.47 bits per heavy atom. The quantitative estimate of drug-likeness (QED) is 0.164. The molecule has 2 bridgehead atoms. The van der Waals surface area contributed by atoms with Crippen LogP contribution in [0.1, 0.15) is 113 Å². The fourth-order valence-corrected chi connectivity index (χ4v) is 12.8. The molecule has 1 heterocycles. The molecule has 1 saturated heterocycles. The molecule has 4 saturated carbocycles. The second kappa shape index (κ2) is 9.66. The zero-order valence-corrected chi connectivity index (χ0v) is 26.4. The first kappa shape index (κ1) is 27.7. The van der Waals surface area contributed by atoms with Crippen molar-refractivity contribution in [3.05, 3.63) is 0 Å². The Morgan fingerprint density at radius 2 is 1.81 bits per heavy atom. The second-order valence-corrected chi connectivity index (χ2v) is 15.9. The first-order chi connectivity index (χ1) is 16.9. The zero-order valence-electron chi connectivity index (χ0n) is 24.2. The van der Waals surface area contributed by atoms with E-state index in [1.807, 2.05) is 0 Å². The molecule has 10 unspecified atom stereocenters. The third kappa shape index (κ3) is 3.90. The largest absolute Gasteiger partial charge is 0.462 e. The van der Waals surface area contributed by atoms with Crippen molar-refractivity contribution in [1.29, 1.82) is 0 Å². The molecule has 5 fully saturated rings. The van der Waals surface area contributed by atoms with Gasteiger partial charge in [-0.25, -0.2) is 0 Å². The Balaban J connectivity index is 1.44. The summed E-state index contributed by atoms with van der Waals surface area (Å²) in [4.78, 5) is 11.9. The van der Waals surface area contributed by atoms with Gasteiger partial charge in [0.25, 0.3) is 0 Å². The maximum Gasteiger partial charge on any atom is 0.302 e. The Bertz CT molecular complexity index is 839. The lowest BCUT2D eigenvalue weighted by Crippen LogP contribution is -2.65. The smallest absolute Gasteiger partial charge is 0.302 e. The second-order valence-electron chi connectivity index (χ2n) is 15.2. The van der Waals surface area contributed by atoms with Crippen LogP contribution in [0.5, 0.6) is 0 Å². The molecule has 0 radical (unpaired) electrons. The van der Waals surface area contributed by atoms with Gasteiger partial charge in [0.1, 0.15) is 6.10 Å².